The highest BCUT2D eigenvalue weighted by Crippen LogP contribution is 2.55. The van der Waals surface area contributed by atoms with Crippen LogP contribution in [-0.2, 0) is 30.9 Å². The summed E-state index contributed by atoms with van der Waals surface area (Å²) in [6, 6.07) is 6.75. The molecular weight excluding hydrogens is 627 g/mol. The van der Waals surface area contributed by atoms with E-state index in [1.165, 1.54) is 24.8 Å². The predicted octanol–water partition coefficient (Wildman–Crippen LogP) is 5.76. The van der Waals surface area contributed by atoms with Crippen molar-refractivity contribution in [3.8, 4) is 5.75 Å². The number of aromatic nitrogens is 1. The van der Waals surface area contributed by atoms with Gasteiger partial charge in [0.25, 0.3) is 5.91 Å². The number of sulfonamides is 1. The fourth-order valence-electron chi connectivity index (χ4n) is 9.84. The highest BCUT2D eigenvalue weighted by molar-refractivity contribution is 7.90. The lowest BCUT2D eigenvalue weighted by molar-refractivity contribution is -0.155. The molecule has 2 saturated heterocycles. The van der Waals surface area contributed by atoms with Crippen LogP contribution < -0.4 is 9.46 Å². The van der Waals surface area contributed by atoms with Crippen LogP contribution in [0.15, 0.2) is 52.6 Å². The zero-order valence-corrected chi connectivity index (χ0v) is 28.5. The van der Waals surface area contributed by atoms with Gasteiger partial charge in [-0.3, -0.25) is 9.59 Å². The van der Waals surface area contributed by atoms with Gasteiger partial charge in [-0.2, -0.15) is 0 Å². The summed E-state index contributed by atoms with van der Waals surface area (Å²) in [5.41, 5.74) is 6.67. The first-order chi connectivity index (χ1) is 23.4. The van der Waals surface area contributed by atoms with Crippen LogP contribution in [-0.4, -0.2) is 67.4 Å². The molecule has 10 heteroatoms. The Hall–Kier alpha value is -3.37. The molecule has 4 atom stereocenters. The number of amides is 2. The number of allylic oxidation sites excluding steroid dienone is 4. The van der Waals surface area contributed by atoms with Gasteiger partial charge in [-0.15, -0.1) is 0 Å². The van der Waals surface area contributed by atoms with Gasteiger partial charge >= 0.3 is 0 Å². The Balaban J connectivity index is 1.20. The largest absolute Gasteiger partial charge is 0.496 e. The highest BCUT2D eigenvalue weighted by Gasteiger charge is 2.50. The Morgan fingerprint density at radius 2 is 1.71 bits per heavy atom. The van der Waals surface area contributed by atoms with Gasteiger partial charge in [0.15, 0.2) is 0 Å². The van der Waals surface area contributed by atoms with Crippen LogP contribution in [0, 0.1) is 5.92 Å². The van der Waals surface area contributed by atoms with E-state index in [2.05, 4.69) is 44.5 Å². The Morgan fingerprint density at radius 1 is 0.958 bits per heavy atom. The van der Waals surface area contributed by atoms with Crippen LogP contribution in [0.4, 0.5) is 0 Å². The molecule has 4 aliphatic carbocycles. The third-order valence-corrected chi connectivity index (χ3v) is 14.3. The number of piperidine rings is 1. The summed E-state index contributed by atoms with van der Waals surface area (Å²) in [5.74, 6) is 0.257. The van der Waals surface area contributed by atoms with E-state index in [-0.39, 0.29) is 29.8 Å². The number of morpholine rings is 1. The minimum atomic E-state index is -3.74. The molecule has 2 aromatic rings. The summed E-state index contributed by atoms with van der Waals surface area (Å²) in [7, 11) is -2.03. The summed E-state index contributed by atoms with van der Waals surface area (Å²) < 4.78 is 42.8. The maximum atomic E-state index is 14.8. The predicted molar refractivity (Wildman–Crippen MR) is 182 cm³/mol. The molecule has 1 aromatic heterocycles. The van der Waals surface area contributed by atoms with E-state index in [9.17, 15) is 18.0 Å². The summed E-state index contributed by atoms with van der Waals surface area (Å²) in [5, 5.41) is 0.540. The number of carbonyl (C=O) groups is 2. The van der Waals surface area contributed by atoms with E-state index in [1.807, 2.05) is 0 Å². The van der Waals surface area contributed by atoms with Gasteiger partial charge in [0.05, 0.1) is 54.7 Å². The lowest BCUT2D eigenvalue weighted by Crippen LogP contribution is -2.59. The van der Waals surface area contributed by atoms with Crippen molar-refractivity contribution in [3.05, 3.63) is 63.9 Å². The SMILES string of the molecule is COc1ccc(C2CCCCC2)c2c1cc1n2CC2=C(C(=O)NS(=O)(=O)C3CCC3)C2=C2C=CC[C@@H](C(=O)N3C4CCCC3COC4)C21. The molecule has 4 heterocycles. The van der Waals surface area contributed by atoms with Gasteiger partial charge in [-0.1, -0.05) is 43.9 Å². The van der Waals surface area contributed by atoms with Gasteiger partial charge in [0, 0.05) is 23.5 Å². The third kappa shape index (κ3) is 4.76. The van der Waals surface area contributed by atoms with Crippen LogP contribution in [0.5, 0.6) is 5.75 Å². The first-order valence-corrected chi connectivity index (χ1v) is 19.7. The van der Waals surface area contributed by atoms with Crippen molar-refractivity contribution in [2.24, 2.45) is 5.92 Å². The fourth-order valence-corrected chi connectivity index (χ4v) is 11.3. The molecule has 3 unspecified atom stereocenters. The number of fused-ring (bicyclic) bond motifs is 8. The Labute approximate surface area is 282 Å². The van der Waals surface area contributed by atoms with Crippen molar-refractivity contribution < 1.29 is 27.5 Å². The van der Waals surface area contributed by atoms with Crippen molar-refractivity contribution in [2.75, 3.05) is 20.3 Å². The quantitative estimate of drug-likeness (QED) is 0.419. The molecule has 9 nitrogen and oxygen atoms in total. The monoisotopic (exact) mass is 671 g/mol. The number of benzene rings is 1. The van der Waals surface area contributed by atoms with Crippen LogP contribution in [0.3, 0.4) is 0 Å². The molecule has 2 saturated carbocycles. The first kappa shape index (κ1) is 30.7. The second-order valence-electron chi connectivity index (χ2n) is 15.1. The number of carbonyl (C=O) groups excluding carboxylic acids is 2. The zero-order valence-electron chi connectivity index (χ0n) is 27.7. The van der Waals surface area contributed by atoms with Crippen LogP contribution in [0.25, 0.3) is 10.9 Å². The van der Waals surface area contributed by atoms with Crippen molar-refractivity contribution in [1.82, 2.24) is 14.2 Å². The molecule has 7 aliphatic rings. The average molecular weight is 672 g/mol. The van der Waals surface area contributed by atoms with Crippen molar-refractivity contribution >= 4 is 32.7 Å². The van der Waals surface area contributed by atoms with E-state index in [4.69, 9.17) is 9.47 Å². The minimum Gasteiger partial charge on any atom is -0.496 e. The molecule has 0 spiro atoms. The molecule has 0 radical (unpaired) electrons. The van der Waals surface area contributed by atoms with E-state index in [0.29, 0.717) is 50.5 Å². The minimum absolute atomic E-state index is 0.0919. The third-order valence-electron chi connectivity index (χ3n) is 12.5. The van der Waals surface area contributed by atoms with Crippen LogP contribution in [0.2, 0.25) is 0 Å². The molecule has 48 heavy (non-hydrogen) atoms. The molecule has 1 N–H and O–H groups in total. The van der Waals surface area contributed by atoms with Crippen LogP contribution >= 0.6 is 0 Å². The molecule has 1 aromatic carbocycles. The summed E-state index contributed by atoms with van der Waals surface area (Å²) in [6.45, 7) is 1.62. The summed E-state index contributed by atoms with van der Waals surface area (Å²) in [6.07, 6.45) is 15.8. The highest BCUT2D eigenvalue weighted by atomic mass is 32.2. The average Bonchev–Trinajstić information content (AvgIpc) is 3.68. The Bertz CT molecular complexity index is 1890. The normalized spacial score (nSPS) is 28.7. The van der Waals surface area contributed by atoms with E-state index in [1.54, 1.807) is 7.11 Å². The lowest BCUT2D eigenvalue weighted by Gasteiger charge is -2.48. The van der Waals surface area contributed by atoms with E-state index < -0.39 is 21.2 Å². The standard InChI is InChI=1S/C38H45N3O6S/c1-46-32-17-16-26(22-8-3-2-4-9-22)36-29(32)18-31-33-27(14-7-15-28(33)38(43)41-23-10-5-11-24(41)21-47-20-23)34-30(19-40(31)36)35(34)37(42)39-48(44,45)25-12-6-13-25/h7,14,16-18,22-25,28,33H,2-6,8-13,15,19-21H2,1H3,(H,39,42)/t23?,24?,28-,33?/m1/s1. The molecule has 9 rings (SSSR count). The van der Waals surface area contributed by atoms with Crippen LogP contribution in [0.1, 0.15) is 100 Å². The number of nitrogens with one attached hydrogen (secondary N) is 1. The number of methoxy groups -OCH3 is 1. The van der Waals surface area contributed by atoms with Crippen molar-refractivity contribution in [3.63, 3.8) is 0 Å². The second kappa shape index (κ2) is 11.6. The van der Waals surface area contributed by atoms with Crippen molar-refractivity contribution in [2.45, 2.75) is 113 Å². The number of rotatable bonds is 6. The Kier molecular flexibility index (Phi) is 7.42. The van der Waals surface area contributed by atoms with E-state index >= 15 is 0 Å². The molecule has 2 bridgehead atoms. The number of nitrogens with zero attached hydrogens (tertiary/aromatic N) is 2. The van der Waals surface area contributed by atoms with Gasteiger partial charge in [-0.25, -0.2) is 13.1 Å². The number of hydrogen-bond donors (Lipinski definition) is 1. The van der Waals surface area contributed by atoms with Gasteiger partial charge in [0.1, 0.15) is 5.75 Å². The van der Waals surface area contributed by atoms with Gasteiger partial charge < -0.3 is 18.9 Å². The molecule has 4 fully saturated rings. The molecule has 3 aliphatic heterocycles. The zero-order chi connectivity index (χ0) is 32.7. The Morgan fingerprint density at radius 3 is 2.42 bits per heavy atom. The summed E-state index contributed by atoms with van der Waals surface area (Å²) in [4.78, 5) is 30.8. The maximum absolute atomic E-state index is 14.8. The van der Waals surface area contributed by atoms with E-state index in [0.717, 1.165) is 77.6 Å². The lowest BCUT2D eigenvalue weighted by atomic mass is 9.75. The van der Waals surface area contributed by atoms with Gasteiger partial charge in [-0.05, 0) is 91.7 Å². The first-order valence-electron chi connectivity index (χ1n) is 18.2. The molecule has 2 amide bonds. The molecule has 254 valence electrons. The second-order valence-corrected chi connectivity index (χ2v) is 17.0. The number of hydrogen-bond acceptors (Lipinski definition) is 6. The topological polar surface area (TPSA) is 107 Å². The fraction of sp³-hybridized carbons (Fsp3) is 0.579. The molecular formula is C38H45N3O6S. The smallest absolute Gasteiger partial charge is 0.265 e. The van der Waals surface area contributed by atoms with Crippen molar-refractivity contribution in [1.29, 1.82) is 0 Å². The van der Waals surface area contributed by atoms with Gasteiger partial charge in [0.2, 0.25) is 15.9 Å². The summed E-state index contributed by atoms with van der Waals surface area (Å²) >= 11 is 0. The number of ether oxygens (including phenoxy) is 2. The maximum Gasteiger partial charge on any atom is 0.265 e.